The molecule has 194 valence electrons. The van der Waals surface area contributed by atoms with Gasteiger partial charge in [0.2, 0.25) is 11.9 Å². The second-order valence-corrected chi connectivity index (χ2v) is 7.86. The molecule has 2 amide bonds. The molecule has 0 bridgehead atoms. The van der Waals surface area contributed by atoms with Crippen molar-refractivity contribution >= 4 is 41.7 Å². The fourth-order valence-electron chi connectivity index (χ4n) is 3.53. The molecular formula is C27H30ClN5O4. The Morgan fingerprint density at radius 2 is 1.51 bits per heavy atom. The molecule has 0 heterocycles. The Labute approximate surface area is 221 Å². The van der Waals surface area contributed by atoms with Crippen molar-refractivity contribution in [2.75, 3.05) is 18.5 Å². The Hall–Kier alpha value is -4.37. The van der Waals surface area contributed by atoms with Gasteiger partial charge in [0.1, 0.15) is 5.84 Å². The van der Waals surface area contributed by atoms with Crippen LogP contribution in [0, 0.1) is 5.41 Å². The lowest BCUT2D eigenvalue weighted by Crippen LogP contribution is -2.48. The fraction of sp³-hybridized carbons (Fsp3) is 0.185. The van der Waals surface area contributed by atoms with Gasteiger partial charge in [-0.25, -0.2) is 4.79 Å². The number of carbonyl (C=O) groups excluding carboxylic acids is 3. The maximum Gasteiger partial charge on any atom is 0.338 e. The van der Waals surface area contributed by atoms with Crippen LogP contribution in [-0.2, 0) is 19.1 Å². The molecule has 0 saturated carbocycles. The highest BCUT2D eigenvalue weighted by atomic mass is 35.5. The van der Waals surface area contributed by atoms with E-state index in [0.717, 1.165) is 11.1 Å². The predicted molar refractivity (Wildman–Crippen MR) is 145 cm³/mol. The second-order valence-electron chi connectivity index (χ2n) is 7.86. The van der Waals surface area contributed by atoms with E-state index in [-0.39, 0.29) is 31.4 Å². The minimum Gasteiger partial charge on any atom is -0.464 e. The molecule has 9 nitrogen and oxygen atoms in total. The van der Waals surface area contributed by atoms with Gasteiger partial charge >= 0.3 is 5.97 Å². The van der Waals surface area contributed by atoms with Crippen LogP contribution in [0.4, 0.5) is 5.69 Å². The van der Waals surface area contributed by atoms with Crippen molar-refractivity contribution in [2.45, 2.75) is 19.0 Å². The number of anilines is 1. The summed E-state index contributed by atoms with van der Waals surface area (Å²) in [5.74, 6) is -2.11. The standard InChI is InChI=1S/C27H29N5O4.ClH/c1-2-36-27(35)24(31-21-15-9-14-20(16-21)25(28)29)26(34)30-17-22(33)32-23(18-10-5-3-6-11-18)19-12-7-4-8-13-19;/h3-16,23-24,31H,2,17H2,1H3,(H3,28,29)(H,30,34)(H,32,33);1H. The highest BCUT2D eigenvalue weighted by Gasteiger charge is 2.29. The first-order valence-electron chi connectivity index (χ1n) is 11.4. The van der Waals surface area contributed by atoms with Crippen molar-refractivity contribution < 1.29 is 19.1 Å². The number of ether oxygens (including phenoxy) is 1. The van der Waals surface area contributed by atoms with Crippen LogP contribution in [0.15, 0.2) is 84.9 Å². The van der Waals surface area contributed by atoms with Gasteiger partial charge in [0.25, 0.3) is 5.91 Å². The van der Waals surface area contributed by atoms with Crippen LogP contribution in [-0.4, -0.2) is 42.8 Å². The quantitative estimate of drug-likeness (QED) is 0.113. The second kappa shape index (κ2) is 14.3. The van der Waals surface area contributed by atoms with E-state index in [4.69, 9.17) is 15.9 Å². The zero-order chi connectivity index (χ0) is 25.9. The molecule has 0 spiro atoms. The SMILES string of the molecule is CCOC(=O)C(Nc1cccc(C(=N)N)c1)C(=O)NCC(=O)NC(c1ccccc1)c1ccccc1.Cl. The van der Waals surface area contributed by atoms with Crippen molar-refractivity contribution in [3.63, 3.8) is 0 Å². The summed E-state index contributed by atoms with van der Waals surface area (Å²) in [6, 6.07) is 23.6. The summed E-state index contributed by atoms with van der Waals surface area (Å²) in [5, 5.41) is 15.8. The molecular weight excluding hydrogens is 494 g/mol. The normalized spacial score (nSPS) is 11.0. The van der Waals surface area contributed by atoms with Crippen LogP contribution < -0.4 is 21.7 Å². The summed E-state index contributed by atoms with van der Waals surface area (Å²) in [4.78, 5) is 38.2. The lowest BCUT2D eigenvalue weighted by atomic mass is 9.99. The number of esters is 1. The molecule has 37 heavy (non-hydrogen) atoms. The zero-order valence-electron chi connectivity index (χ0n) is 20.3. The molecule has 0 aromatic heterocycles. The predicted octanol–water partition coefficient (Wildman–Crippen LogP) is 2.76. The summed E-state index contributed by atoms with van der Waals surface area (Å²) >= 11 is 0. The number of nitrogen functional groups attached to an aromatic ring is 1. The van der Waals surface area contributed by atoms with Crippen LogP contribution in [0.2, 0.25) is 0 Å². The topological polar surface area (TPSA) is 146 Å². The van der Waals surface area contributed by atoms with E-state index in [1.807, 2.05) is 60.7 Å². The summed E-state index contributed by atoms with van der Waals surface area (Å²) in [5.41, 5.74) is 8.13. The molecule has 0 aliphatic rings. The van der Waals surface area contributed by atoms with Crippen molar-refractivity contribution in [1.29, 1.82) is 5.41 Å². The number of amidine groups is 1. The van der Waals surface area contributed by atoms with Gasteiger partial charge in [-0.1, -0.05) is 72.8 Å². The number of rotatable bonds is 11. The van der Waals surface area contributed by atoms with Gasteiger partial charge in [0, 0.05) is 11.3 Å². The molecule has 3 rings (SSSR count). The smallest absolute Gasteiger partial charge is 0.338 e. The van der Waals surface area contributed by atoms with Crippen molar-refractivity contribution in [2.24, 2.45) is 5.73 Å². The van der Waals surface area contributed by atoms with E-state index >= 15 is 0 Å². The number of halogens is 1. The first-order valence-corrected chi connectivity index (χ1v) is 11.4. The van der Waals surface area contributed by atoms with Gasteiger partial charge in [0.05, 0.1) is 19.2 Å². The molecule has 3 aromatic rings. The van der Waals surface area contributed by atoms with Gasteiger partial charge in [-0.15, -0.1) is 12.4 Å². The zero-order valence-corrected chi connectivity index (χ0v) is 21.1. The maximum absolute atomic E-state index is 12.9. The van der Waals surface area contributed by atoms with E-state index < -0.39 is 29.9 Å². The van der Waals surface area contributed by atoms with Gasteiger partial charge in [-0.2, -0.15) is 0 Å². The molecule has 1 atom stereocenters. The minimum atomic E-state index is -1.40. The number of nitrogens with two attached hydrogens (primary N) is 1. The van der Waals surface area contributed by atoms with Gasteiger partial charge in [-0.3, -0.25) is 15.0 Å². The van der Waals surface area contributed by atoms with Gasteiger partial charge in [0.15, 0.2) is 0 Å². The molecule has 0 saturated heterocycles. The van der Waals surface area contributed by atoms with Gasteiger partial charge in [-0.05, 0) is 30.2 Å². The van der Waals surface area contributed by atoms with E-state index in [9.17, 15) is 14.4 Å². The number of hydrogen-bond acceptors (Lipinski definition) is 6. The summed E-state index contributed by atoms with van der Waals surface area (Å²) < 4.78 is 5.03. The molecule has 1 unspecified atom stereocenters. The molecule has 0 aliphatic heterocycles. The van der Waals surface area contributed by atoms with Crippen molar-refractivity contribution in [1.82, 2.24) is 10.6 Å². The monoisotopic (exact) mass is 523 g/mol. The molecule has 0 radical (unpaired) electrons. The third-order valence-electron chi connectivity index (χ3n) is 5.26. The summed E-state index contributed by atoms with van der Waals surface area (Å²) in [7, 11) is 0. The lowest BCUT2D eigenvalue weighted by Gasteiger charge is -2.21. The van der Waals surface area contributed by atoms with E-state index in [0.29, 0.717) is 11.3 Å². The van der Waals surface area contributed by atoms with Crippen LogP contribution in [0.25, 0.3) is 0 Å². The molecule has 3 aromatic carbocycles. The maximum atomic E-state index is 12.9. The van der Waals surface area contributed by atoms with E-state index in [2.05, 4.69) is 16.0 Å². The first-order chi connectivity index (χ1) is 17.4. The average Bonchev–Trinajstić information content (AvgIpc) is 2.90. The number of benzene rings is 3. The summed E-state index contributed by atoms with van der Waals surface area (Å²) in [6.07, 6.45) is 0. The third kappa shape index (κ3) is 8.36. The van der Waals surface area contributed by atoms with E-state index in [1.54, 1.807) is 31.2 Å². The number of amides is 2. The average molecular weight is 524 g/mol. The molecule has 0 fully saturated rings. The number of hydrogen-bond donors (Lipinski definition) is 5. The highest BCUT2D eigenvalue weighted by molar-refractivity contribution is 6.05. The van der Waals surface area contributed by atoms with Crippen molar-refractivity contribution in [3.05, 3.63) is 102 Å². The molecule has 10 heteroatoms. The Kier molecular flexibility index (Phi) is 11.1. The minimum absolute atomic E-state index is 0. The Morgan fingerprint density at radius 1 is 0.919 bits per heavy atom. The molecule has 0 aliphatic carbocycles. The fourth-order valence-corrected chi connectivity index (χ4v) is 3.53. The van der Waals surface area contributed by atoms with Crippen LogP contribution >= 0.6 is 12.4 Å². The Bertz CT molecular complexity index is 1170. The highest BCUT2D eigenvalue weighted by Crippen LogP contribution is 2.21. The van der Waals surface area contributed by atoms with Gasteiger partial charge < -0.3 is 26.4 Å². The Balaban J connectivity index is 0.00000481. The third-order valence-corrected chi connectivity index (χ3v) is 5.26. The Morgan fingerprint density at radius 3 is 2.05 bits per heavy atom. The van der Waals surface area contributed by atoms with Crippen LogP contribution in [0.3, 0.4) is 0 Å². The largest absolute Gasteiger partial charge is 0.464 e. The van der Waals surface area contributed by atoms with E-state index in [1.165, 1.54) is 0 Å². The summed E-state index contributed by atoms with van der Waals surface area (Å²) in [6.45, 7) is 1.36. The number of nitrogens with one attached hydrogen (secondary N) is 4. The first kappa shape index (κ1) is 28.9. The van der Waals surface area contributed by atoms with Crippen LogP contribution in [0.1, 0.15) is 29.7 Å². The van der Waals surface area contributed by atoms with Crippen LogP contribution in [0.5, 0.6) is 0 Å². The van der Waals surface area contributed by atoms with Crippen molar-refractivity contribution in [3.8, 4) is 0 Å². The lowest BCUT2D eigenvalue weighted by molar-refractivity contribution is -0.147. The molecule has 6 N–H and O–H groups in total. The number of carbonyl (C=O) groups is 3.